The van der Waals surface area contributed by atoms with Crippen LogP contribution in [0.5, 0.6) is 5.75 Å². The van der Waals surface area contributed by atoms with Crippen molar-refractivity contribution in [2.45, 2.75) is 45.6 Å². The standard InChI is InChI=1S/C24H29ClN2O3/c1-4-5-14-27-22(28)13-11-19(23(27)18-8-6-7-9-21(18)30-3)24(29)26-20-12-10-17(25)15-16(20)2/h6-10,12,15,19,23H,4-5,11,13-14H2,1-3H3,(H,26,29)/t19-,23-/m0/s1. The van der Waals surface area contributed by atoms with Crippen molar-refractivity contribution in [1.29, 1.82) is 0 Å². The van der Waals surface area contributed by atoms with Crippen LogP contribution in [0.3, 0.4) is 0 Å². The molecule has 160 valence electrons. The summed E-state index contributed by atoms with van der Waals surface area (Å²) < 4.78 is 5.58. The summed E-state index contributed by atoms with van der Waals surface area (Å²) in [6.45, 7) is 4.64. The Hall–Kier alpha value is -2.53. The van der Waals surface area contributed by atoms with Gasteiger partial charge < -0.3 is 15.0 Å². The molecule has 0 bridgehead atoms. The number of hydrogen-bond donors (Lipinski definition) is 1. The largest absolute Gasteiger partial charge is 0.496 e. The zero-order valence-electron chi connectivity index (χ0n) is 17.8. The minimum atomic E-state index is -0.370. The molecule has 0 radical (unpaired) electrons. The molecule has 0 spiro atoms. The number of amides is 2. The van der Waals surface area contributed by atoms with Crippen molar-refractivity contribution < 1.29 is 14.3 Å². The van der Waals surface area contributed by atoms with E-state index in [0.29, 0.717) is 30.2 Å². The third-order valence-electron chi connectivity index (χ3n) is 5.70. The van der Waals surface area contributed by atoms with Gasteiger partial charge in [-0.1, -0.05) is 43.1 Å². The van der Waals surface area contributed by atoms with E-state index in [1.807, 2.05) is 48.2 Å². The molecule has 1 heterocycles. The SMILES string of the molecule is CCCCN1C(=O)CC[C@H](C(=O)Nc2ccc(Cl)cc2C)[C@@H]1c1ccccc1OC. The lowest BCUT2D eigenvalue weighted by molar-refractivity contribution is -0.142. The highest BCUT2D eigenvalue weighted by Gasteiger charge is 2.41. The fraction of sp³-hybridized carbons (Fsp3) is 0.417. The van der Waals surface area contributed by atoms with E-state index in [1.165, 1.54) is 0 Å². The molecule has 0 saturated carbocycles. The molecule has 0 unspecified atom stereocenters. The zero-order valence-corrected chi connectivity index (χ0v) is 18.5. The minimum Gasteiger partial charge on any atom is -0.496 e. The Morgan fingerprint density at radius 1 is 1.27 bits per heavy atom. The van der Waals surface area contributed by atoms with Crippen LogP contribution in [0.15, 0.2) is 42.5 Å². The van der Waals surface area contributed by atoms with Crippen molar-refractivity contribution in [3.63, 3.8) is 0 Å². The summed E-state index contributed by atoms with van der Waals surface area (Å²) in [7, 11) is 1.62. The number of hydrogen-bond acceptors (Lipinski definition) is 3. The number of likely N-dealkylation sites (tertiary alicyclic amines) is 1. The van der Waals surface area contributed by atoms with Crippen LogP contribution in [-0.4, -0.2) is 30.4 Å². The molecule has 0 aromatic heterocycles. The summed E-state index contributed by atoms with van der Waals surface area (Å²) in [5.74, 6) is 0.321. The van der Waals surface area contributed by atoms with Crippen molar-refractivity contribution >= 4 is 29.1 Å². The Balaban J connectivity index is 1.97. The monoisotopic (exact) mass is 428 g/mol. The average molecular weight is 429 g/mol. The van der Waals surface area contributed by atoms with E-state index in [0.717, 1.165) is 29.7 Å². The average Bonchev–Trinajstić information content (AvgIpc) is 2.74. The second-order valence-corrected chi connectivity index (χ2v) is 8.16. The van der Waals surface area contributed by atoms with Crippen LogP contribution < -0.4 is 10.1 Å². The predicted octanol–water partition coefficient (Wildman–Crippen LogP) is 5.38. The van der Waals surface area contributed by atoms with Gasteiger partial charge >= 0.3 is 0 Å². The number of benzene rings is 2. The van der Waals surface area contributed by atoms with Gasteiger partial charge in [-0.2, -0.15) is 0 Å². The van der Waals surface area contributed by atoms with Crippen LogP contribution in [0.2, 0.25) is 5.02 Å². The number of carbonyl (C=O) groups excluding carboxylic acids is 2. The third kappa shape index (κ3) is 4.78. The quantitative estimate of drug-likeness (QED) is 0.644. The van der Waals surface area contributed by atoms with E-state index in [-0.39, 0.29) is 23.8 Å². The van der Waals surface area contributed by atoms with Gasteiger partial charge in [-0.05, 0) is 49.6 Å². The van der Waals surface area contributed by atoms with Gasteiger partial charge in [0.15, 0.2) is 0 Å². The van der Waals surface area contributed by atoms with Crippen LogP contribution in [0.4, 0.5) is 5.69 Å². The van der Waals surface area contributed by atoms with Gasteiger partial charge in [0.25, 0.3) is 0 Å². The molecule has 1 fully saturated rings. The molecule has 30 heavy (non-hydrogen) atoms. The number of unbranched alkanes of at least 4 members (excludes halogenated alkanes) is 1. The Bertz CT molecular complexity index is 915. The van der Waals surface area contributed by atoms with Gasteiger partial charge in [0.2, 0.25) is 11.8 Å². The number of aryl methyl sites for hydroxylation is 1. The summed E-state index contributed by atoms with van der Waals surface area (Å²) in [5.41, 5.74) is 2.51. The first-order valence-corrected chi connectivity index (χ1v) is 10.8. The highest BCUT2D eigenvalue weighted by molar-refractivity contribution is 6.30. The second kappa shape index (κ2) is 9.98. The number of nitrogens with one attached hydrogen (secondary N) is 1. The van der Waals surface area contributed by atoms with Crippen molar-refractivity contribution in [3.05, 3.63) is 58.6 Å². The number of methoxy groups -OCH3 is 1. The first kappa shape index (κ1) is 22.2. The number of rotatable bonds is 7. The summed E-state index contributed by atoms with van der Waals surface area (Å²) >= 11 is 6.05. The highest BCUT2D eigenvalue weighted by Crippen LogP contribution is 2.41. The molecule has 3 rings (SSSR count). The number of para-hydroxylation sites is 1. The van der Waals surface area contributed by atoms with Gasteiger partial charge in [-0.3, -0.25) is 9.59 Å². The van der Waals surface area contributed by atoms with Crippen molar-refractivity contribution in [3.8, 4) is 5.75 Å². The number of ether oxygens (including phenoxy) is 1. The van der Waals surface area contributed by atoms with Crippen molar-refractivity contribution in [2.24, 2.45) is 5.92 Å². The maximum Gasteiger partial charge on any atom is 0.229 e. The van der Waals surface area contributed by atoms with Crippen LogP contribution in [0, 0.1) is 12.8 Å². The molecule has 6 heteroatoms. The lowest BCUT2D eigenvalue weighted by Crippen LogP contribution is -2.47. The molecule has 2 aromatic carbocycles. The van der Waals surface area contributed by atoms with E-state index in [1.54, 1.807) is 13.2 Å². The minimum absolute atomic E-state index is 0.0890. The molecule has 5 nitrogen and oxygen atoms in total. The highest BCUT2D eigenvalue weighted by atomic mass is 35.5. The van der Waals surface area contributed by atoms with Gasteiger partial charge in [0.05, 0.1) is 19.1 Å². The number of carbonyl (C=O) groups is 2. The number of nitrogens with zero attached hydrogens (tertiary/aromatic N) is 1. The van der Waals surface area contributed by atoms with Crippen LogP contribution in [0.1, 0.15) is 49.8 Å². The Labute approximate surface area is 183 Å². The first-order valence-electron chi connectivity index (χ1n) is 10.5. The summed E-state index contributed by atoms with van der Waals surface area (Å²) in [5, 5.41) is 3.69. The van der Waals surface area contributed by atoms with Crippen molar-refractivity contribution in [1.82, 2.24) is 4.90 Å². The van der Waals surface area contributed by atoms with E-state index in [9.17, 15) is 9.59 Å². The Kier molecular flexibility index (Phi) is 7.38. The second-order valence-electron chi connectivity index (χ2n) is 7.72. The summed E-state index contributed by atoms with van der Waals surface area (Å²) in [4.78, 5) is 28.1. The number of piperidine rings is 1. The third-order valence-corrected chi connectivity index (χ3v) is 5.93. The van der Waals surface area contributed by atoms with Gasteiger partial charge in [0, 0.05) is 29.2 Å². The molecule has 2 amide bonds. The lowest BCUT2D eigenvalue weighted by Gasteiger charge is -2.41. The topological polar surface area (TPSA) is 58.6 Å². The number of halogens is 1. The van der Waals surface area contributed by atoms with Gasteiger partial charge in [0.1, 0.15) is 5.75 Å². The maximum atomic E-state index is 13.4. The molecular formula is C24H29ClN2O3. The molecule has 1 saturated heterocycles. The maximum absolute atomic E-state index is 13.4. The Morgan fingerprint density at radius 2 is 2.03 bits per heavy atom. The first-order chi connectivity index (χ1) is 14.5. The fourth-order valence-electron chi connectivity index (χ4n) is 4.11. The predicted molar refractivity (Wildman–Crippen MR) is 120 cm³/mol. The molecule has 1 aliphatic heterocycles. The normalized spacial score (nSPS) is 18.9. The van der Waals surface area contributed by atoms with Crippen LogP contribution in [0.25, 0.3) is 0 Å². The van der Waals surface area contributed by atoms with Crippen LogP contribution in [-0.2, 0) is 9.59 Å². The van der Waals surface area contributed by atoms with E-state index in [2.05, 4.69) is 12.2 Å². The summed E-state index contributed by atoms with van der Waals surface area (Å²) in [6.07, 6.45) is 2.74. The molecule has 1 aliphatic rings. The van der Waals surface area contributed by atoms with Crippen LogP contribution >= 0.6 is 11.6 Å². The van der Waals surface area contributed by atoms with Gasteiger partial charge in [-0.15, -0.1) is 0 Å². The van der Waals surface area contributed by atoms with Gasteiger partial charge in [-0.25, -0.2) is 0 Å². The molecule has 1 N–H and O–H groups in total. The molecular weight excluding hydrogens is 400 g/mol. The lowest BCUT2D eigenvalue weighted by atomic mass is 9.83. The Morgan fingerprint density at radius 3 is 2.73 bits per heavy atom. The smallest absolute Gasteiger partial charge is 0.229 e. The van der Waals surface area contributed by atoms with E-state index in [4.69, 9.17) is 16.3 Å². The zero-order chi connectivity index (χ0) is 21.7. The molecule has 2 aromatic rings. The molecule has 2 atom stereocenters. The summed E-state index contributed by atoms with van der Waals surface area (Å²) in [6, 6.07) is 12.7. The number of anilines is 1. The fourth-order valence-corrected chi connectivity index (χ4v) is 4.33. The van der Waals surface area contributed by atoms with Crippen molar-refractivity contribution in [2.75, 3.05) is 19.0 Å². The van der Waals surface area contributed by atoms with E-state index < -0.39 is 0 Å². The molecule has 0 aliphatic carbocycles. The van der Waals surface area contributed by atoms with E-state index >= 15 is 0 Å².